The van der Waals surface area contributed by atoms with Crippen LogP contribution in [0.3, 0.4) is 0 Å². The van der Waals surface area contributed by atoms with Crippen LogP contribution in [0, 0.1) is 0 Å². The zero-order valence-electron chi connectivity index (χ0n) is 6.92. The van der Waals surface area contributed by atoms with Gasteiger partial charge in [0.05, 0.1) is 6.61 Å². The number of hydrogen-bond acceptors (Lipinski definition) is 3. The highest BCUT2D eigenvalue weighted by Crippen LogP contribution is 1.94. The first kappa shape index (κ1) is 8.99. The maximum atomic E-state index is 10.6. The molecule has 2 N–H and O–H groups in total. The van der Waals surface area contributed by atoms with Gasteiger partial charge in [0.15, 0.2) is 0 Å². The van der Waals surface area contributed by atoms with Crippen LogP contribution in [0.2, 0.25) is 0 Å². The number of ether oxygens (including phenoxy) is 1. The fraction of sp³-hybridized carbons (Fsp3) is 0.714. The van der Waals surface area contributed by atoms with Crippen molar-refractivity contribution in [3.8, 4) is 0 Å². The van der Waals surface area contributed by atoms with E-state index in [9.17, 15) is 9.59 Å². The molecule has 1 heterocycles. The van der Waals surface area contributed by atoms with E-state index in [0.29, 0.717) is 6.61 Å². The lowest BCUT2D eigenvalue weighted by atomic mass is 10.4. The molecule has 1 fully saturated rings. The quantitative estimate of drug-likeness (QED) is 0.436. The van der Waals surface area contributed by atoms with Crippen LogP contribution in [0.5, 0.6) is 0 Å². The van der Waals surface area contributed by atoms with Crippen molar-refractivity contribution in [2.75, 3.05) is 6.61 Å². The van der Waals surface area contributed by atoms with Crippen molar-refractivity contribution in [2.45, 2.75) is 26.1 Å². The van der Waals surface area contributed by atoms with E-state index in [1.54, 1.807) is 0 Å². The lowest BCUT2D eigenvalue weighted by molar-refractivity contribution is -0.135. The zero-order valence-corrected chi connectivity index (χ0v) is 6.92. The molecule has 0 aliphatic carbocycles. The number of rotatable bonds is 4. The van der Waals surface area contributed by atoms with Crippen LogP contribution in [0.1, 0.15) is 19.8 Å². The standard InChI is InChI=1S/C7H12N2O3/c1-2-3-4-12-7-8-5(10)6(11)9-7/h7H,2-4H2,1H3,(H,8,10)(H,9,11). The number of unbranched alkanes of at least 4 members (excludes halogenated alkanes) is 1. The highest BCUT2D eigenvalue weighted by atomic mass is 16.5. The molecule has 0 saturated carbocycles. The van der Waals surface area contributed by atoms with Gasteiger partial charge < -0.3 is 15.4 Å². The first-order chi connectivity index (χ1) is 5.74. The van der Waals surface area contributed by atoms with Gasteiger partial charge in [0.1, 0.15) is 0 Å². The molecule has 1 rings (SSSR count). The monoisotopic (exact) mass is 172 g/mol. The molecule has 1 aliphatic rings. The summed E-state index contributed by atoms with van der Waals surface area (Å²) < 4.78 is 5.12. The van der Waals surface area contributed by atoms with E-state index in [2.05, 4.69) is 10.6 Å². The second kappa shape index (κ2) is 4.06. The van der Waals surface area contributed by atoms with Gasteiger partial charge in [-0.3, -0.25) is 9.59 Å². The Labute approximate surface area is 70.5 Å². The minimum atomic E-state index is -0.628. The summed E-state index contributed by atoms with van der Waals surface area (Å²) in [6.07, 6.45) is 1.31. The minimum Gasteiger partial charge on any atom is -0.340 e. The Hall–Kier alpha value is -1.10. The Morgan fingerprint density at radius 3 is 2.42 bits per heavy atom. The first-order valence-corrected chi connectivity index (χ1v) is 3.97. The molecule has 1 saturated heterocycles. The van der Waals surface area contributed by atoms with Crippen molar-refractivity contribution < 1.29 is 14.3 Å². The second-order valence-electron chi connectivity index (χ2n) is 2.55. The molecule has 0 aromatic carbocycles. The van der Waals surface area contributed by atoms with Gasteiger partial charge in [-0.25, -0.2) is 0 Å². The molecule has 2 amide bonds. The van der Waals surface area contributed by atoms with Crippen molar-refractivity contribution >= 4 is 11.8 Å². The third-order valence-electron chi connectivity index (χ3n) is 1.51. The summed E-state index contributed by atoms with van der Waals surface area (Å²) in [6, 6.07) is 0. The Morgan fingerprint density at radius 2 is 1.92 bits per heavy atom. The summed E-state index contributed by atoms with van der Waals surface area (Å²) in [5.74, 6) is -1.26. The van der Waals surface area contributed by atoms with Gasteiger partial charge in [0.2, 0.25) is 6.35 Å². The summed E-state index contributed by atoms with van der Waals surface area (Å²) in [5.41, 5.74) is 0. The van der Waals surface area contributed by atoms with Gasteiger partial charge in [0, 0.05) is 0 Å². The second-order valence-corrected chi connectivity index (χ2v) is 2.55. The van der Waals surface area contributed by atoms with Crippen LogP contribution >= 0.6 is 0 Å². The molecule has 0 aromatic rings. The van der Waals surface area contributed by atoms with Crippen molar-refractivity contribution in [1.29, 1.82) is 0 Å². The van der Waals surface area contributed by atoms with Crippen molar-refractivity contribution in [3.63, 3.8) is 0 Å². The Morgan fingerprint density at radius 1 is 1.33 bits per heavy atom. The lowest BCUT2D eigenvalue weighted by Crippen LogP contribution is -2.35. The molecule has 12 heavy (non-hydrogen) atoms. The van der Waals surface area contributed by atoms with Gasteiger partial charge in [-0.2, -0.15) is 0 Å². The predicted molar refractivity (Wildman–Crippen MR) is 40.9 cm³/mol. The molecule has 0 unspecified atom stereocenters. The Kier molecular flexibility index (Phi) is 3.04. The average molecular weight is 172 g/mol. The van der Waals surface area contributed by atoms with Gasteiger partial charge in [0.25, 0.3) is 0 Å². The van der Waals surface area contributed by atoms with Crippen molar-refractivity contribution in [2.24, 2.45) is 0 Å². The highest BCUT2D eigenvalue weighted by molar-refractivity contribution is 6.36. The van der Waals surface area contributed by atoms with Crippen LogP contribution in [-0.2, 0) is 14.3 Å². The summed E-state index contributed by atoms with van der Waals surface area (Å²) in [7, 11) is 0. The van der Waals surface area contributed by atoms with E-state index in [4.69, 9.17) is 4.74 Å². The third-order valence-corrected chi connectivity index (χ3v) is 1.51. The maximum Gasteiger partial charge on any atom is 0.312 e. The van der Waals surface area contributed by atoms with E-state index in [1.165, 1.54) is 0 Å². The molecule has 0 bridgehead atoms. The Bertz CT molecular complexity index is 177. The largest absolute Gasteiger partial charge is 0.340 e. The van der Waals surface area contributed by atoms with E-state index in [1.807, 2.05) is 6.92 Å². The van der Waals surface area contributed by atoms with E-state index in [0.717, 1.165) is 12.8 Å². The molecular formula is C7H12N2O3. The summed E-state index contributed by atoms with van der Waals surface area (Å²) in [4.78, 5) is 21.2. The van der Waals surface area contributed by atoms with E-state index in [-0.39, 0.29) is 0 Å². The normalized spacial score (nSPS) is 17.8. The Balaban J connectivity index is 2.19. The molecule has 0 spiro atoms. The number of carbonyl (C=O) groups excluding carboxylic acids is 2. The third kappa shape index (κ3) is 2.20. The fourth-order valence-electron chi connectivity index (χ4n) is 0.834. The molecule has 5 heteroatoms. The summed E-state index contributed by atoms with van der Waals surface area (Å²) in [6.45, 7) is 2.58. The topological polar surface area (TPSA) is 67.4 Å². The molecule has 0 atom stereocenters. The van der Waals surface area contributed by atoms with Gasteiger partial charge in [-0.05, 0) is 6.42 Å². The maximum absolute atomic E-state index is 10.6. The number of carbonyl (C=O) groups is 2. The van der Waals surface area contributed by atoms with E-state index >= 15 is 0 Å². The molecule has 5 nitrogen and oxygen atoms in total. The molecule has 1 aliphatic heterocycles. The minimum absolute atomic E-state index is 0.543. The first-order valence-electron chi connectivity index (χ1n) is 3.97. The molecule has 0 radical (unpaired) electrons. The van der Waals surface area contributed by atoms with Crippen LogP contribution in [-0.4, -0.2) is 24.8 Å². The summed E-state index contributed by atoms with van der Waals surface area (Å²) in [5, 5.41) is 4.68. The van der Waals surface area contributed by atoms with Crippen LogP contribution in [0.15, 0.2) is 0 Å². The predicted octanol–water partition coefficient (Wildman–Crippen LogP) is -0.667. The van der Waals surface area contributed by atoms with Crippen LogP contribution < -0.4 is 10.6 Å². The molecule has 68 valence electrons. The van der Waals surface area contributed by atoms with Crippen LogP contribution in [0.25, 0.3) is 0 Å². The number of amides is 2. The van der Waals surface area contributed by atoms with Gasteiger partial charge in [-0.15, -0.1) is 0 Å². The van der Waals surface area contributed by atoms with E-state index < -0.39 is 18.2 Å². The molecule has 0 aromatic heterocycles. The van der Waals surface area contributed by atoms with Crippen molar-refractivity contribution in [3.05, 3.63) is 0 Å². The van der Waals surface area contributed by atoms with Crippen LogP contribution in [0.4, 0.5) is 0 Å². The number of nitrogens with one attached hydrogen (secondary N) is 2. The SMILES string of the molecule is CCCCOC1NC(=O)C(=O)N1. The van der Waals surface area contributed by atoms with Gasteiger partial charge in [-0.1, -0.05) is 13.3 Å². The number of hydrogen-bond donors (Lipinski definition) is 2. The van der Waals surface area contributed by atoms with Gasteiger partial charge >= 0.3 is 11.8 Å². The molecular weight excluding hydrogens is 160 g/mol. The zero-order chi connectivity index (χ0) is 8.97. The smallest absolute Gasteiger partial charge is 0.312 e. The van der Waals surface area contributed by atoms with Crippen molar-refractivity contribution in [1.82, 2.24) is 10.6 Å². The highest BCUT2D eigenvalue weighted by Gasteiger charge is 2.28. The summed E-state index contributed by atoms with van der Waals surface area (Å²) >= 11 is 0. The lowest BCUT2D eigenvalue weighted by Gasteiger charge is -2.09. The average Bonchev–Trinajstić information content (AvgIpc) is 2.32. The fourth-order valence-corrected chi connectivity index (χ4v) is 0.834.